The van der Waals surface area contributed by atoms with Crippen LogP contribution < -0.4 is 5.32 Å². The third-order valence-corrected chi connectivity index (χ3v) is 4.50. The van der Waals surface area contributed by atoms with Crippen LogP contribution in [0.4, 0.5) is 4.79 Å². The SMILES string of the molecule is C[C@@H](Cn1cncn1)NC(=O)N1CCC[C@H](Cc2nccn2C)C1. The highest BCUT2D eigenvalue weighted by Gasteiger charge is 2.25. The lowest BCUT2D eigenvalue weighted by Crippen LogP contribution is -2.49. The lowest BCUT2D eigenvalue weighted by molar-refractivity contribution is 0.160. The molecule has 8 heteroatoms. The molecule has 3 rings (SSSR count). The van der Waals surface area contributed by atoms with Gasteiger partial charge in [0, 0.05) is 45.0 Å². The zero-order valence-corrected chi connectivity index (χ0v) is 14.3. The molecule has 24 heavy (non-hydrogen) atoms. The molecule has 2 amide bonds. The van der Waals surface area contributed by atoms with Crippen molar-refractivity contribution in [3.05, 3.63) is 30.9 Å². The molecule has 130 valence electrons. The molecule has 2 aromatic rings. The Bertz CT molecular complexity index is 651. The maximum atomic E-state index is 12.5. The van der Waals surface area contributed by atoms with Crippen LogP contribution in [0.25, 0.3) is 0 Å². The van der Waals surface area contributed by atoms with Gasteiger partial charge in [-0.15, -0.1) is 0 Å². The highest BCUT2D eigenvalue weighted by molar-refractivity contribution is 5.74. The second kappa shape index (κ2) is 7.46. The zero-order valence-electron chi connectivity index (χ0n) is 14.3. The van der Waals surface area contributed by atoms with Gasteiger partial charge in [0.05, 0.1) is 6.54 Å². The topological polar surface area (TPSA) is 80.9 Å². The number of aromatic nitrogens is 5. The molecule has 8 nitrogen and oxygen atoms in total. The van der Waals surface area contributed by atoms with E-state index in [0.29, 0.717) is 12.5 Å². The first-order chi connectivity index (χ1) is 11.6. The fourth-order valence-corrected chi connectivity index (χ4v) is 3.22. The van der Waals surface area contributed by atoms with E-state index in [9.17, 15) is 4.79 Å². The number of amides is 2. The van der Waals surface area contributed by atoms with Crippen LogP contribution in [-0.4, -0.2) is 54.4 Å². The van der Waals surface area contributed by atoms with Gasteiger partial charge in [0.15, 0.2) is 0 Å². The number of nitrogens with one attached hydrogen (secondary N) is 1. The fraction of sp³-hybridized carbons (Fsp3) is 0.625. The van der Waals surface area contributed by atoms with Crippen molar-refractivity contribution in [2.24, 2.45) is 13.0 Å². The summed E-state index contributed by atoms with van der Waals surface area (Å²) >= 11 is 0. The van der Waals surface area contributed by atoms with Gasteiger partial charge in [-0.05, 0) is 25.7 Å². The summed E-state index contributed by atoms with van der Waals surface area (Å²) < 4.78 is 3.78. The number of aryl methyl sites for hydroxylation is 1. The minimum absolute atomic E-state index is 0.00663. The van der Waals surface area contributed by atoms with Gasteiger partial charge < -0.3 is 14.8 Å². The van der Waals surface area contributed by atoms with Crippen LogP contribution >= 0.6 is 0 Å². The monoisotopic (exact) mass is 331 g/mol. The van der Waals surface area contributed by atoms with Crippen LogP contribution in [-0.2, 0) is 20.0 Å². The third-order valence-electron chi connectivity index (χ3n) is 4.50. The summed E-state index contributed by atoms with van der Waals surface area (Å²) in [6, 6.07) is 0.0151. The lowest BCUT2D eigenvalue weighted by atomic mass is 9.94. The van der Waals surface area contributed by atoms with Crippen molar-refractivity contribution in [1.82, 2.24) is 34.5 Å². The van der Waals surface area contributed by atoms with E-state index in [0.717, 1.165) is 38.2 Å². The Balaban J connectivity index is 1.50. The van der Waals surface area contributed by atoms with Gasteiger partial charge in [0.2, 0.25) is 0 Å². The molecule has 0 saturated carbocycles. The third kappa shape index (κ3) is 4.12. The van der Waals surface area contributed by atoms with Gasteiger partial charge >= 0.3 is 6.03 Å². The molecular formula is C16H25N7O. The molecular weight excluding hydrogens is 306 g/mol. The molecule has 1 N–H and O–H groups in total. The predicted octanol–water partition coefficient (Wildman–Crippen LogP) is 1.06. The van der Waals surface area contributed by atoms with Crippen LogP contribution in [0.15, 0.2) is 25.0 Å². The van der Waals surface area contributed by atoms with Gasteiger partial charge in [0.1, 0.15) is 18.5 Å². The first-order valence-electron chi connectivity index (χ1n) is 8.46. The van der Waals surface area contributed by atoms with Crippen LogP contribution in [0, 0.1) is 5.92 Å². The zero-order chi connectivity index (χ0) is 16.9. The average Bonchev–Trinajstić information content (AvgIpc) is 3.20. The fourth-order valence-electron chi connectivity index (χ4n) is 3.22. The summed E-state index contributed by atoms with van der Waals surface area (Å²) in [6.07, 6.45) is 10.1. The second-order valence-corrected chi connectivity index (χ2v) is 6.58. The first-order valence-corrected chi connectivity index (χ1v) is 8.46. The van der Waals surface area contributed by atoms with Gasteiger partial charge in [-0.1, -0.05) is 0 Å². The quantitative estimate of drug-likeness (QED) is 0.888. The summed E-state index contributed by atoms with van der Waals surface area (Å²) in [5, 5.41) is 7.13. The average molecular weight is 331 g/mol. The van der Waals surface area contributed by atoms with Gasteiger partial charge in [-0.25, -0.2) is 14.8 Å². The van der Waals surface area contributed by atoms with Crippen LogP contribution in [0.5, 0.6) is 0 Å². The number of nitrogens with zero attached hydrogens (tertiary/aromatic N) is 6. The lowest BCUT2D eigenvalue weighted by Gasteiger charge is -2.33. The minimum Gasteiger partial charge on any atom is -0.338 e. The number of imidazole rings is 1. The molecule has 0 bridgehead atoms. The molecule has 0 aromatic carbocycles. The number of carbonyl (C=O) groups excluding carboxylic acids is 1. The van der Waals surface area contributed by atoms with Crippen LogP contribution in [0.1, 0.15) is 25.6 Å². The van der Waals surface area contributed by atoms with Gasteiger partial charge in [-0.2, -0.15) is 5.10 Å². The molecule has 3 heterocycles. The number of urea groups is 1. The molecule has 1 saturated heterocycles. The molecule has 0 unspecified atom stereocenters. The van der Waals surface area contributed by atoms with E-state index in [1.54, 1.807) is 11.0 Å². The van der Waals surface area contributed by atoms with Crippen LogP contribution in [0.2, 0.25) is 0 Å². The Morgan fingerprint density at radius 1 is 1.50 bits per heavy atom. The predicted molar refractivity (Wildman–Crippen MR) is 89.2 cm³/mol. The smallest absolute Gasteiger partial charge is 0.317 e. The van der Waals surface area contributed by atoms with E-state index in [1.807, 2.05) is 31.3 Å². The Labute approximate surface area is 141 Å². The molecule has 0 spiro atoms. The van der Waals surface area contributed by atoms with E-state index >= 15 is 0 Å². The summed E-state index contributed by atoms with van der Waals surface area (Å²) in [6.45, 7) is 4.21. The molecule has 2 aromatic heterocycles. The summed E-state index contributed by atoms with van der Waals surface area (Å²) in [5.74, 6) is 1.55. The standard InChI is InChI=1S/C16H25N7O/c1-13(9-23-12-17-11-19-23)20-16(24)22-6-3-4-14(10-22)8-15-18-5-7-21(15)2/h5,7,11-14H,3-4,6,8-10H2,1-2H3,(H,20,24)/t13-,14+/m0/s1. The number of hydrogen-bond acceptors (Lipinski definition) is 4. The van der Waals surface area contributed by atoms with Crippen molar-refractivity contribution in [2.75, 3.05) is 13.1 Å². The highest BCUT2D eigenvalue weighted by Crippen LogP contribution is 2.20. The van der Waals surface area contributed by atoms with Crippen molar-refractivity contribution in [2.45, 2.75) is 38.8 Å². The number of rotatable bonds is 5. The molecule has 1 fully saturated rings. The van der Waals surface area contributed by atoms with Crippen molar-refractivity contribution in [1.29, 1.82) is 0 Å². The Morgan fingerprint density at radius 2 is 2.38 bits per heavy atom. The number of piperidine rings is 1. The number of carbonyl (C=O) groups is 1. The van der Waals surface area contributed by atoms with Crippen molar-refractivity contribution in [3.63, 3.8) is 0 Å². The van der Waals surface area contributed by atoms with E-state index in [-0.39, 0.29) is 12.1 Å². The molecule has 2 atom stereocenters. The Kier molecular flexibility index (Phi) is 5.12. The van der Waals surface area contributed by atoms with Gasteiger partial charge in [0.25, 0.3) is 0 Å². The van der Waals surface area contributed by atoms with Crippen molar-refractivity contribution < 1.29 is 4.79 Å². The van der Waals surface area contributed by atoms with E-state index in [2.05, 4.69) is 25.0 Å². The van der Waals surface area contributed by atoms with Gasteiger partial charge in [-0.3, -0.25) is 4.68 Å². The van der Waals surface area contributed by atoms with E-state index in [1.165, 1.54) is 6.33 Å². The molecule has 0 aliphatic carbocycles. The van der Waals surface area contributed by atoms with Crippen molar-refractivity contribution in [3.8, 4) is 0 Å². The van der Waals surface area contributed by atoms with Crippen LogP contribution in [0.3, 0.4) is 0 Å². The number of hydrogen-bond donors (Lipinski definition) is 1. The Morgan fingerprint density at radius 3 is 3.08 bits per heavy atom. The van der Waals surface area contributed by atoms with E-state index in [4.69, 9.17) is 0 Å². The second-order valence-electron chi connectivity index (χ2n) is 6.58. The normalized spacial score (nSPS) is 19.2. The molecule has 0 radical (unpaired) electrons. The Hall–Kier alpha value is -2.38. The number of likely N-dealkylation sites (tertiary alicyclic amines) is 1. The van der Waals surface area contributed by atoms with E-state index < -0.39 is 0 Å². The summed E-state index contributed by atoms with van der Waals surface area (Å²) in [5.41, 5.74) is 0. The maximum absolute atomic E-state index is 12.5. The summed E-state index contributed by atoms with van der Waals surface area (Å²) in [7, 11) is 2.02. The molecule has 1 aliphatic rings. The summed E-state index contributed by atoms with van der Waals surface area (Å²) in [4.78, 5) is 22.7. The van der Waals surface area contributed by atoms with Crippen molar-refractivity contribution >= 4 is 6.03 Å². The molecule has 1 aliphatic heterocycles. The maximum Gasteiger partial charge on any atom is 0.317 e. The highest BCUT2D eigenvalue weighted by atomic mass is 16.2. The minimum atomic E-state index is 0.00663. The first kappa shape index (κ1) is 16.5. The largest absolute Gasteiger partial charge is 0.338 e.